The Morgan fingerprint density at radius 3 is 3.05 bits per heavy atom. The first-order valence-corrected chi connectivity index (χ1v) is 11.6. The van der Waals surface area contributed by atoms with Crippen LogP contribution >= 0.6 is 28.3 Å². The number of halogens is 1. The minimum Gasteiger partial charge on any atom is -0.346 e. The number of fused-ring (bicyclic) bond motifs is 4. The fourth-order valence-corrected chi connectivity index (χ4v) is 7.68. The third kappa shape index (κ3) is 2.42. The van der Waals surface area contributed by atoms with Crippen molar-refractivity contribution in [3.63, 3.8) is 0 Å². The lowest BCUT2D eigenvalue weighted by Crippen LogP contribution is -2.57. The molecule has 6 heteroatoms. The minimum absolute atomic E-state index is 0.00255. The molecule has 106 valence electrons. The molecule has 1 N–H and O–H groups in total. The number of nitrogens with one attached hydrogen (secondary N) is 1. The Morgan fingerprint density at radius 2 is 2.30 bits per heavy atom. The Labute approximate surface area is 130 Å². The second-order valence-electron chi connectivity index (χ2n) is 5.60. The topological polar surface area (TPSA) is 45.2 Å². The van der Waals surface area contributed by atoms with Crippen molar-refractivity contribution in [1.29, 1.82) is 0 Å². The van der Waals surface area contributed by atoms with Gasteiger partial charge in [0.25, 0.3) is 5.91 Å². The number of hydrogen-bond acceptors (Lipinski definition) is 4. The summed E-state index contributed by atoms with van der Waals surface area (Å²) in [5, 5.41) is 3.20. The van der Waals surface area contributed by atoms with Gasteiger partial charge in [-0.1, -0.05) is 8.93 Å². The zero-order valence-corrected chi connectivity index (χ0v) is 14.0. The predicted molar refractivity (Wildman–Crippen MR) is 89.7 cm³/mol. The SMILES string of the molecule is O=C(N[C@H]1CN2CCC1CC2)c1cc2c(cn1)C=IS2. The van der Waals surface area contributed by atoms with Gasteiger partial charge in [-0.2, -0.15) is 0 Å². The molecule has 5 heterocycles. The van der Waals surface area contributed by atoms with E-state index in [0.29, 0.717) is 17.7 Å². The summed E-state index contributed by atoms with van der Waals surface area (Å²) >= 11 is 0.0715. The highest BCUT2D eigenvalue weighted by atomic mass is 127. The van der Waals surface area contributed by atoms with Crippen LogP contribution in [0.4, 0.5) is 0 Å². The first-order valence-electron chi connectivity index (χ1n) is 6.96. The van der Waals surface area contributed by atoms with Gasteiger partial charge in [0, 0.05) is 29.2 Å². The predicted octanol–water partition coefficient (Wildman–Crippen LogP) is 2.05. The summed E-state index contributed by atoms with van der Waals surface area (Å²) < 4.78 is 2.26. The van der Waals surface area contributed by atoms with Crippen LogP contribution in [0, 0.1) is 5.92 Å². The van der Waals surface area contributed by atoms with Crippen molar-refractivity contribution in [2.75, 3.05) is 19.6 Å². The van der Waals surface area contributed by atoms with E-state index in [0.717, 1.165) is 6.54 Å². The fourth-order valence-electron chi connectivity index (χ4n) is 3.21. The molecular formula is C14H16IN3OS. The Balaban J connectivity index is 1.48. The van der Waals surface area contributed by atoms with Gasteiger partial charge in [-0.3, -0.25) is 9.78 Å². The third-order valence-corrected chi connectivity index (χ3v) is 8.71. The molecule has 0 spiro atoms. The third-order valence-electron chi connectivity index (χ3n) is 4.39. The maximum absolute atomic E-state index is 12.4. The second kappa shape index (κ2) is 5.38. The number of aromatic nitrogens is 1. The molecular weight excluding hydrogens is 385 g/mol. The summed E-state index contributed by atoms with van der Waals surface area (Å²) in [7, 11) is 1.88. The van der Waals surface area contributed by atoms with E-state index in [4.69, 9.17) is 0 Å². The number of hydrogen-bond donors (Lipinski definition) is 1. The molecule has 20 heavy (non-hydrogen) atoms. The van der Waals surface area contributed by atoms with Crippen molar-refractivity contribution in [3.05, 3.63) is 23.5 Å². The van der Waals surface area contributed by atoms with E-state index in [-0.39, 0.29) is 25.3 Å². The van der Waals surface area contributed by atoms with Crippen LogP contribution in [0.15, 0.2) is 17.2 Å². The van der Waals surface area contributed by atoms with Crippen LogP contribution in [0.5, 0.6) is 0 Å². The van der Waals surface area contributed by atoms with Crippen molar-refractivity contribution in [2.24, 2.45) is 5.92 Å². The Morgan fingerprint density at radius 1 is 1.45 bits per heavy atom. The molecule has 1 amide bonds. The van der Waals surface area contributed by atoms with Crippen LogP contribution < -0.4 is 5.32 Å². The van der Waals surface area contributed by atoms with E-state index < -0.39 is 0 Å². The summed E-state index contributed by atoms with van der Waals surface area (Å²) in [5.74, 6) is 0.657. The van der Waals surface area contributed by atoms with Crippen LogP contribution in [0.2, 0.25) is 0 Å². The van der Waals surface area contributed by atoms with Crippen LogP contribution in [-0.2, 0) is 0 Å². The van der Waals surface area contributed by atoms with E-state index in [9.17, 15) is 4.79 Å². The fraction of sp³-hybridized carbons (Fsp3) is 0.500. The molecule has 4 aliphatic heterocycles. The van der Waals surface area contributed by atoms with Crippen molar-refractivity contribution in [2.45, 2.75) is 23.8 Å². The summed E-state index contributed by atoms with van der Waals surface area (Å²) in [6, 6.07) is 2.27. The number of nitrogens with zero attached hydrogens (tertiary/aromatic N) is 2. The smallest absolute Gasteiger partial charge is 0.270 e. The zero-order valence-electron chi connectivity index (χ0n) is 11.0. The molecule has 3 fully saturated rings. The Kier molecular flexibility index (Phi) is 3.55. The molecule has 0 radical (unpaired) electrons. The van der Waals surface area contributed by atoms with E-state index in [1.165, 1.54) is 36.4 Å². The molecule has 5 rings (SSSR count). The Bertz CT molecular complexity index is 584. The van der Waals surface area contributed by atoms with Crippen LogP contribution in [-0.4, -0.2) is 45.5 Å². The van der Waals surface area contributed by atoms with E-state index in [1.807, 2.05) is 21.2 Å². The van der Waals surface area contributed by atoms with Gasteiger partial charge in [-0.15, -0.1) is 0 Å². The molecule has 3 saturated heterocycles. The minimum atomic E-state index is -0.00255. The van der Waals surface area contributed by atoms with Crippen molar-refractivity contribution in [3.8, 4) is 0 Å². The van der Waals surface area contributed by atoms with Gasteiger partial charge in [-0.25, -0.2) is 0 Å². The number of piperidine rings is 3. The summed E-state index contributed by atoms with van der Waals surface area (Å²) in [4.78, 5) is 20.4. The molecule has 0 aliphatic carbocycles. The number of pyridine rings is 1. The molecule has 0 unspecified atom stereocenters. The van der Waals surface area contributed by atoms with Gasteiger partial charge in [0.1, 0.15) is 5.69 Å². The molecule has 1 aromatic rings. The number of rotatable bonds is 2. The highest BCUT2D eigenvalue weighted by Crippen LogP contribution is 2.39. The molecule has 0 saturated carbocycles. The summed E-state index contributed by atoms with van der Waals surface area (Å²) in [5.41, 5.74) is 1.79. The molecule has 1 atom stereocenters. The lowest BCUT2D eigenvalue weighted by molar-refractivity contribution is 0.0617. The standard InChI is InChI=1S/C14H16IN3OS/c19-14(11-5-13-10(7-16-11)6-15-20-13)17-12-8-18-3-1-9(12)2-4-18/h5-7,9,12H,1-4,8H2,(H,17,19)/t12-/m0/s1. The van der Waals surface area contributed by atoms with Crippen molar-refractivity contribution >= 4 is 38.2 Å². The van der Waals surface area contributed by atoms with Gasteiger partial charge in [-0.05, 0) is 61.3 Å². The second-order valence-corrected chi connectivity index (χ2v) is 9.84. The maximum Gasteiger partial charge on any atom is 0.270 e. The highest BCUT2D eigenvalue weighted by molar-refractivity contribution is 14.2. The highest BCUT2D eigenvalue weighted by Gasteiger charge is 2.35. The monoisotopic (exact) mass is 401 g/mol. The first kappa shape index (κ1) is 13.2. The van der Waals surface area contributed by atoms with E-state index in [1.54, 1.807) is 0 Å². The van der Waals surface area contributed by atoms with Gasteiger partial charge in [0.2, 0.25) is 0 Å². The average molecular weight is 401 g/mol. The molecule has 0 aromatic carbocycles. The lowest BCUT2D eigenvalue weighted by Gasteiger charge is -2.44. The van der Waals surface area contributed by atoms with Gasteiger partial charge in [0.05, 0.1) is 0 Å². The van der Waals surface area contributed by atoms with Crippen molar-refractivity contribution < 1.29 is 4.79 Å². The zero-order chi connectivity index (χ0) is 13.5. The van der Waals surface area contributed by atoms with Crippen LogP contribution in [0.25, 0.3) is 0 Å². The number of carbonyl (C=O) groups is 1. The van der Waals surface area contributed by atoms with Crippen LogP contribution in [0.3, 0.4) is 0 Å². The molecule has 1 aromatic heterocycles. The average Bonchev–Trinajstić information content (AvgIpc) is 2.96. The van der Waals surface area contributed by atoms with Crippen molar-refractivity contribution in [1.82, 2.24) is 15.2 Å². The van der Waals surface area contributed by atoms with Gasteiger partial charge >= 0.3 is 0 Å². The van der Waals surface area contributed by atoms with Crippen LogP contribution in [0.1, 0.15) is 28.9 Å². The summed E-state index contributed by atoms with van der Waals surface area (Å²) in [6.07, 6.45) is 4.29. The number of amides is 1. The first-order chi connectivity index (χ1) is 9.79. The quantitative estimate of drug-likeness (QED) is 0.771. The Hall–Kier alpha value is -0.470. The molecule has 2 bridgehead atoms. The maximum atomic E-state index is 12.4. The van der Waals surface area contributed by atoms with Gasteiger partial charge in [0.15, 0.2) is 0 Å². The lowest BCUT2D eigenvalue weighted by atomic mass is 9.84. The summed E-state index contributed by atoms with van der Waals surface area (Å²) in [6.45, 7) is 3.41. The largest absolute Gasteiger partial charge is 0.346 e. The molecule has 4 aliphatic rings. The van der Waals surface area contributed by atoms with E-state index >= 15 is 0 Å². The van der Waals surface area contributed by atoms with Gasteiger partial charge < -0.3 is 10.2 Å². The van der Waals surface area contributed by atoms with E-state index in [2.05, 4.69) is 19.2 Å². The normalized spacial score (nSPS) is 30.7. The molecule has 4 nitrogen and oxygen atoms in total. The number of carbonyl (C=O) groups excluding carboxylic acids is 1.